The van der Waals surface area contributed by atoms with Crippen LogP contribution in [0.1, 0.15) is 38.2 Å². The first-order valence-corrected chi connectivity index (χ1v) is 7.65. The highest BCUT2D eigenvalue weighted by Gasteiger charge is 2.24. The van der Waals surface area contributed by atoms with Gasteiger partial charge in [-0.25, -0.2) is 0 Å². The Morgan fingerprint density at radius 1 is 1.24 bits per heavy atom. The van der Waals surface area contributed by atoms with Crippen LogP contribution in [-0.2, 0) is 4.79 Å². The van der Waals surface area contributed by atoms with Crippen molar-refractivity contribution in [3.63, 3.8) is 0 Å². The molecule has 0 atom stereocenters. The Morgan fingerprint density at radius 2 is 1.95 bits per heavy atom. The summed E-state index contributed by atoms with van der Waals surface area (Å²) < 4.78 is 0. The van der Waals surface area contributed by atoms with E-state index < -0.39 is 0 Å². The maximum Gasteiger partial charge on any atom is 0.246 e. The van der Waals surface area contributed by atoms with Crippen LogP contribution >= 0.6 is 0 Å². The van der Waals surface area contributed by atoms with Crippen LogP contribution in [0.4, 0.5) is 0 Å². The lowest BCUT2D eigenvalue weighted by Gasteiger charge is -2.31. The number of nitrogens with one attached hydrogen (secondary N) is 1. The molecule has 1 aliphatic rings. The van der Waals surface area contributed by atoms with E-state index in [1.54, 1.807) is 6.08 Å². The molecular formula is C18H22N2O. The van der Waals surface area contributed by atoms with E-state index in [0.29, 0.717) is 5.92 Å². The SMILES string of the molecule is CC(C)=CC(=O)N1CCC(c2c[nH]c3ccccc23)CC1. The molecule has 3 heteroatoms. The van der Waals surface area contributed by atoms with Crippen molar-refractivity contribution in [2.45, 2.75) is 32.6 Å². The quantitative estimate of drug-likeness (QED) is 0.835. The van der Waals surface area contributed by atoms with Crippen molar-refractivity contribution in [2.75, 3.05) is 13.1 Å². The summed E-state index contributed by atoms with van der Waals surface area (Å²) in [6, 6.07) is 8.45. The van der Waals surface area contributed by atoms with E-state index in [0.717, 1.165) is 31.5 Å². The normalized spacial score (nSPS) is 16.2. The molecule has 1 aromatic carbocycles. The van der Waals surface area contributed by atoms with E-state index in [2.05, 4.69) is 35.4 Å². The molecule has 0 bridgehead atoms. The molecule has 1 saturated heterocycles. The van der Waals surface area contributed by atoms with Gasteiger partial charge in [0.2, 0.25) is 5.91 Å². The van der Waals surface area contributed by atoms with Crippen LogP contribution in [0, 0.1) is 0 Å². The molecule has 2 heterocycles. The van der Waals surface area contributed by atoms with Crippen molar-refractivity contribution in [2.24, 2.45) is 0 Å². The zero-order valence-corrected chi connectivity index (χ0v) is 12.7. The number of allylic oxidation sites excluding steroid dienone is 1. The van der Waals surface area contributed by atoms with E-state index >= 15 is 0 Å². The first kappa shape index (κ1) is 13.9. The molecule has 3 rings (SSSR count). The lowest BCUT2D eigenvalue weighted by atomic mass is 9.89. The number of amides is 1. The number of piperidine rings is 1. The number of carbonyl (C=O) groups excluding carboxylic acids is 1. The second kappa shape index (κ2) is 5.76. The molecule has 21 heavy (non-hydrogen) atoms. The van der Waals surface area contributed by atoms with Gasteiger partial charge in [-0.2, -0.15) is 0 Å². The second-order valence-electron chi connectivity index (χ2n) is 6.11. The second-order valence-corrected chi connectivity index (χ2v) is 6.11. The number of benzene rings is 1. The van der Waals surface area contributed by atoms with Crippen LogP contribution in [-0.4, -0.2) is 28.9 Å². The van der Waals surface area contributed by atoms with Gasteiger partial charge in [-0.15, -0.1) is 0 Å². The topological polar surface area (TPSA) is 36.1 Å². The van der Waals surface area contributed by atoms with Crippen molar-refractivity contribution in [1.82, 2.24) is 9.88 Å². The maximum absolute atomic E-state index is 12.1. The Balaban J connectivity index is 1.71. The van der Waals surface area contributed by atoms with Crippen LogP contribution in [0.25, 0.3) is 10.9 Å². The fourth-order valence-corrected chi connectivity index (χ4v) is 3.18. The molecule has 110 valence electrons. The average Bonchev–Trinajstić information content (AvgIpc) is 2.90. The first-order chi connectivity index (χ1) is 10.1. The standard InChI is InChI=1S/C18H22N2O/c1-13(2)11-18(21)20-9-7-14(8-10-20)16-12-19-17-6-4-3-5-15(16)17/h3-6,11-12,14,19H,7-10H2,1-2H3. The minimum Gasteiger partial charge on any atom is -0.361 e. The van der Waals surface area contributed by atoms with E-state index in [1.807, 2.05) is 18.7 Å². The third-order valence-corrected chi connectivity index (χ3v) is 4.28. The number of rotatable bonds is 2. The highest BCUT2D eigenvalue weighted by molar-refractivity contribution is 5.88. The van der Waals surface area contributed by atoms with E-state index in [4.69, 9.17) is 0 Å². The van der Waals surface area contributed by atoms with Crippen LogP contribution in [0.3, 0.4) is 0 Å². The van der Waals surface area contributed by atoms with Gasteiger partial charge in [-0.1, -0.05) is 23.8 Å². The number of para-hydroxylation sites is 1. The number of hydrogen-bond acceptors (Lipinski definition) is 1. The summed E-state index contributed by atoms with van der Waals surface area (Å²) in [5.74, 6) is 0.712. The number of fused-ring (bicyclic) bond motifs is 1. The molecule has 1 aliphatic heterocycles. The first-order valence-electron chi connectivity index (χ1n) is 7.65. The van der Waals surface area contributed by atoms with Gasteiger partial charge >= 0.3 is 0 Å². The molecule has 0 saturated carbocycles. The van der Waals surface area contributed by atoms with E-state index in [9.17, 15) is 4.79 Å². The van der Waals surface area contributed by atoms with Gasteiger partial charge in [0.1, 0.15) is 0 Å². The molecule has 0 spiro atoms. The van der Waals surface area contributed by atoms with E-state index in [-0.39, 0.29) is 5.91 Å². The predicted octanol–water partition coefficient (Wildman–Crippen LogP) is 3.84. The van der Waals surface area contributed by atoms with Gasteiger partial charge < -0.3 is 9.88 Å². The van der Waals surface area contributed by atoms with Gasteiger partial charge in [-0.3, -0.25) is 4.79 Å². The van der Waals surface area contributed by atoms with Gasteiger partial charge in [0, 0.05) is 36.3 Å². The number of H-pyrrole nitrogens is 1. The summed E-state index contributed by atoms with van der Waals surface area (Å²) in [6.07, 6.45) is 5.98. The zero-order valence-electron chi connectivity index (χ0n) is 12.7. The molecule has 1 aromatic heterocycles. The van der Waals surface area contributed by atoms with E-state index in [1.165, 1.54) is 16.5 Å². The third-order valence-electron chi connectivity index (χ3n) is 4.28. The molecule has 0 aliphatic carbocycles. The van der Waals surface area contributed by atoms with Crippen molar-refractivity contribution >= 4 is 16.8 Å². The molecule has 1 N–H and O–H groups in total. The predicted molar refractivity (Wildman–Crippen MR) is 86.3 cm³/mol. The average molecular weight is 282 g/mol. The molecule has 0 radical (unpaired) electrons. The molecular weight excluding hydrogens is 260 g/mol. The lowest BCUT2D eigenvalue weighted by molar-refractivity contribution is -0.127. The minimum absolute atomic E-state index is 0.160. The summed E-state index contributed by atoms with van der Waals surface area (Å²) in [6.45, 7) is 5.65. The van der Waals surface area contributed by atoms with Gasteiger partial charge in [0.05, 0.1) is 0 Å². The summed E-state index contributed by atoms with van der Waals surface area (Å²) in [4.78, 5) is 17.4. The molecule has 1 fully saturated rings. The fourth-order valence-electron chi connectivity index (χ4n) is 3.18. The van der Waals surface area contributed by atoms with Crippen molar-refractivity contribution < 1.29 is 4.79 Å². The number of likely N-dealkylation sites (tertiary alicyclic amines) is 1. The number of nitrogens with zero attached hydrogens (tertiary/aromatic N) is 1. The largest absolute Gasteiger partial charge is 0.361 e. The fraction of sp³-hybridized carbons (Fsp3) is 0.389. The smallest absolute Gasteiger partial charge is 0.246 e. The lowest BCUT2D eigenvalue weighted by Crippen LogP contribution is -2.37. The van der Waals surface area contributed by atoms with Crippen LogP contribution < -0.4 is 0 Å². The highest BCUT2D eigenvalue weighted by Crippen LogP contribution is 2.33. The van der Waals surface area contributed by atoms with Crippen LogP contribution in [0.2, 0.25) is 0 Å². The van der Waals surface area contributed by atoms with Crippen LogP contribution in [0.5, 0.6) is 0 Å². The van der Waals surface area contributed by atoms with Gasteiger partial charge in [-0.05, 0) is 44.2 Å². The third kappa shape index (κ3) is 2.87. The maximum atomic E-state index is 12.1. The summed E-state index contributed by atoms with van der Waals surface area (Å²) in [5, 5.41) is 1.33. The Kier molecular flexibility index (Phi) is 3.82. The Morgan fingerprint density at radius 3 is 2.67 bits per heavy atom. The molecule has 3 nitrogen and oxygen atoms in total. The number of hydrogen-bond donors (Lipinski definition) is 1. The van der Waals surface area contributed by atoms with Crippen molar-refractivity contribution in [3.8, 4) is 0 Å². The molecule has 0 unspecified atom stereocenters. The van der Waals surface area contributed by atoms with Crippen LogP contribution in [0.15, 0.2) is 42.1 Å². The molecule has 1 amide bonds. The minimum atomic E-state index is 0.160. The zero-order chi connectivity index (χ0) is 14.8. The summed E-state index contributed by atoms with van der Waals surface area (Å²) in [7, 11) is 0. The van der Waals surface area contributed by atoms with Crippen molar-refractivity contribution in [3.05, 3.63) is 47.7 Å². The monoisotopic (exact) mass is 282 g/mol. The number of aromatic nitrogens is 1. The van der Waals surface area contributed by atoms with Gasteiger partial charge in [0.15, 0.2) is 0 Å². The Hall–Kier alpha value is -2.03. The molecule has 2 aromatic rings. The number of aromatic amines is 1. The number of carbonyl (C=O) groups is 1. The van der Waals surface area contributed by atoms with Gasteiger partial charge in [0.25, 0.3) is 0 Å². The summed E-state index contributed by atoms with van der Waals surface area (Å²) >= 11 is 0. The highest BCUT2D eigenvalue weighted by atomic mass is 16.2. The summed E-state index contributed by atoms with van der Waals surface area (Å²) in [5.41, 5.74) is 3.68. The Bertz CT molecular complexity index is 671. The Labute approximate surface area is 125 Å². The van der Waals surface area contributed by atoms with Crippen molar-refractivity contribution in [1.29, 1.82) is 0 Å².